The number of nitrogens with one attached hydrogen (secondary N) is 2. The molecule has 3 N–H and O–H groups in total. The van der Waals surface area contributed by atoms with Gasteiger partial charge in [-0.05, 0) is 39.7 Å². The van der Waals surface area contributed by atoms with Crippen molar-refractivity contribution in [1.29, 1.82) is 0 Å². The highest BCUT2D eigenvalue weighted by atomic mass is 16.3. The molecule has 9 heteroatoms. The Morgan fingerprint density at radius 1 is 1.45 bits per heavy atom. The molecule has 0 aromatic carbocycles. The molecule has 1 aliphatic heterocycles. The number of hydrogen-bond acceptors (Lipinski definition) is 5. The predicted molar refractivity (Wildman–Crippen MR) is 115 cm³/mol. The third-order valence-electron chi connectivity index (χ3n) is 5.22. The molecule has 2 atom stereocenters. The van der Waals surface area contributed by atoms with Crippen molar-refractivity contribution in [3.63, 3.8) is 0 Å². The molecule has 2 unspecified atom stereocenters. The molecular weight excluding hydrogens is 370 g/mol. The van der Waals surface area contributed by atoms with Gasteiger partial charge >= 0.3 is 0 Å². The first-order valence-corrected chi connectivity index (χ1v) is 10.4. The summed E-state index contributed by atoms with van der Waals surface area (Å²) in [6, 6.07) is 0.0153. The van der Waals surface area contributed by atoms with E-state index in [0.29, 0.717) is 5.96 Å². The monoisotopic (exact) mass is 407 g/mol. The molecule has 1 aromatic rings. The molecular formula is C20H37N7O2. The molecule has 1 saturated heterocycles. The van der Waals surface area contributed by atoms with Crippen LogP contribution in [0.1, 0.15) is 38.7 Å². The quantitative estimate of drug-likeness (QED) is 0.306. The van der Waals surface area contributed by atoms with Crippen LogP contribution in [0, 0.1) is 0 Å². The van der Waals surface area contributed by atoms with E-state index in [1.807, 2.05) is 28.1 Å². The molecule has 0 saturated carbocycles. The SMILES string of the molecule is CCNC(=NCC(C)(O)c1cnn(C)c1)NCCCN1CCCC1C(=O)N(C)C. The van der Waals surface area contributed by atoms with Crippen molar-refractivity contribution in [3.8, 4) is 0 Å². The van der Waals surface area contributed by atoms with Gasteiger partial charge in [0.05, 0.1) is 18.8 Å². The van der Waals surface area contributed by atoms with Crippen LogP contribution in [0.5, 0.6) is 0 Å². The van der Waals surface area contributed by atoms with Crippen molar-refractivity contribution in [3.05, 3.63) is 18.0 Å². The number of carbonyl (C=O) groups is 1. The lowest BCUT2D eigenvalue weighted by Gasteiger charge is -2.26. The minimum absolute atomic E-state index is 0.0153. The Hall–Kier alpha value is -2.13. The van der Waals surface area contributed by atoms with E-state index < -0.39 is 5.60 Å². The normalized spacial score (nSPS) is 19.8. The Kier molecular flexibility index (Phi) is 8.45. The second-order valence-electron chi connectivity index (χ2n) is 8.08. The van der Waals surface area contributed by atoms with E-state index in [1.54, 1.807) is 28.9 Å². The standard InChI is InChI=1S/C20H37N7O2/c1-6-21-19(23-15-20(2,29)16-13-24-26(5)14-16)22-10-8-12-27-11-7-9-17(27)18(28)25(3)4/h13-14,17,29H,6-12,15H2,1-5H3,(H2,21,22,23). The number of aliphatic imine (C=N–C) groups is 1. The zero-order valence-electron chi connectivity index (χ0n) is 18.5. The zero-order valence-corrected chi connectivity index (χ0v) is 18.5. The molecule has 1 aromatic heterocycles. The van der Waals surface area contributed by atoms with Crippen molar-refractivity contribution < 1.29 is 9.90 Å². The van der Waals surface area contributed by atoms with Gasteiger partial charge in [0.1, 0.15) is 5.60 Å². The third kappa shape index (κ3) is 6.71. The Balaban J connectivity index is 1.83. The molecule has 164 valence electrons. The van der Waals surface area contributed by atoms with Crippen LogP contribution in [0.25, 0.3) is 0 Å². The highest BCUT2D eigenvalue weighted by molar-refractivity contribution is 5.81. The highest BCUT2D eigenvalue weighted by Gasteiger charge is 2.31. The van der Waals surface area contributed by atoms with Gasteiger partial charge in [-0.3, -0.25) is 14.4 Å². The van der Waals surface area contributed by atoms with Crippen LogP contribution in [0.4, 0.5) is 0 Å². The first kappa shape index (κ1) is 23.2. The van der Waals surface area contributed by atoms with Gasteiger partial charge in [0.2, 0.25) is 5.91 Å². The van der Waals surface area contributed by atoms with E-state index in [-0.39, 0.29) is 18.5 Å². The average molecular weight is 408 g/mol. The fraction of sp³-hybridized carbons (Fsp3) is 0.750. The highest BCUT2D eigenvalue weighted by Crippen LogP contribution is 2.20. The van der Waals surface area contributed by atoms with E-state index >= 15 is 0 Å². The number of carbonyl (C=O) groups excluding carboxylic acids is 1. The van der Waals surface area contributed by atoms with Crippen LogP contribution in [0.3, 0.4) is 0 Å². The minimum Gasteiger partial charge on any atom is -0.383 e. The molecule has 2 rings (SSSR count). The summed E-state index contributed by atoms with van der Waals surface area (Å²) >= 11 is 0. The number of guanidine groups is 1. The second-order valence-corrected chi connectivity index (χ2v) is 8.08. The van der Waals surface area contributed by atoms with Gasteiger partial charge in [0, 0.05) is 52.5 Å². The summed E-state index contributed by atoms with van der Waals surface area (Å²) in [5.41, 5.74) is -0.336. The van der Waals surface area contributed by atoms with Crippen molar-refractivity contribution in [1.82, 2.24) is 30.2 Å². The summed E-state index contributed by atoms with van der Waals surface area (Å²) in [6.07, 6.45) is 6.40. The zero-order chi connectivity index (χ0) is 21.4. The number of likely N-dealkylation sites (tertiary alicyclic amines) is 1. The summed E-state index contributed by atoms with van der Waals surface area (Å²) in [5, 5.41) is 21.4. The van der Waals surface area contributed by atoms with Gasteiger partial charge < -0.3 is 20.6 Å². The lowest BCUT2D eigenvalue weighted by molar-refractivity contribution is -0.133. The van der Waals surface area contributed by atoms with Crippen LogP contribution in [-0.2, 0) is 17.4 Å². The topological polar surface area (TPSA) is 98.0 Å². The molecule has 2 heterocycles. The number of aliphatic hydroxyl groups is 1. The first-order chi connectivity index (χ1) is 13.7. The Labute approximate surface area is 174 Å². The molecule has 1 fully saturated rings. The van der Waals surface area contributed by atoms with Crippen LogP contribution in [0.2, 0.25) is 0 Å². The van der Waals surface area contributed by atoms with E-state index in [2.05, 4.69) is 25.6 Å². The Morgan fingerprint density at radius 3 is 2.83 bits per heavy atom. The van der Waals surface area contributed by atoms with Crippen LogP contribution in [-0.4, -0.2) is 89.4 Å². The van der Waals surface area contributed by atoms with E-state index in [1.165, 1.54) is 0 Å². The van der Waals surface area contributed by atoms with Crippen molar-refractivity contribution >= 4 is 11.9 Å². The summed E-state index contributed by atoms with van der Waals surface area (Å²) in [7, 11) is 5.46. The van der Waals surface area contributed by atoms with E-state index in [0.717, 1.165) is 51.0 Å². The Bertz CT molecular complexity index is 684. The van der Waals surface area contributed by atoms with Crippen LogP contribution < -0.4 is 10.6 Å². The minimum atomic E-state index is -1.08. The van der Waals surface area contributed by atoms with Crippen molar-refractivity contribution in [2.75, 3.05) is 46.8 Å². The van der Waals surface area contributed by atoms with Crippen LogP contribution >= 0.6 is 0 Å². The smallest absolute Gasteiger partial charge is 0.239 e. The largest absolute Gasteiger partial charge is 0.383 e. The van der Waals surface area contributed by atoms with Crippen molar-refractivity contribution in [2.45, 2.75) is 44.8 Å². The molecule has 0 radical (unpaired) electrons. The molecule has 1 amide bonds. The maximum Gasteiger partial charge on any atom is 0.239 e. The summed E-state index contributed by atoms with van der Waals surface area (Å²) in [4.78, 5) is 20.8. The maximum absolute atomic E-state index is 12.3. The van der Waals surface area contributed by atoms with Gasteiger partial charge in [0.25, 0.3) is 0 Å². The van der Waals surface area contributed by atoms with Crippen LogP contribution in [0.15, 0.2) is 17.4 Å². The van der Waals surface area contributed by atoms with E-state index in [9.17, 15) is 9.90 Å². The molecule has 9 nitrogen and oxygen atoms in total. The molecule has 0 aliphatic carbocycles. The number of amides is 1. The second kappa shape index (κ2) is 10.6. The summed E-state index contributed by atoms with van der Waals surface area (Å²) < 4.78 is 1.67. The Morgan fingerprint density at radius 2 is 2.21 bits per heavy atom. The molecule has 0 bridgehead atoms. The fourth-order valence-electron chi connectivity index (χ4n) is 3.53. The van der Waals surface area contributed by atoms with Gasteiger partial charge in [-0.25, -0.2) is 4.99 Å². The summed E-state index contributed by atoms with van der Waals surface area (Å²) in [6.45, 7) is 7.34. The maximum atomic E-state index is 12.3. The molecule has 29 heavy (non-hydrogen) atoms. The number of nitrogens with zero attached hydrogens (tertiary/aromatic N) is 5. The summed E-state index contributed by atoms with van der Waals surface area (Å²) in [5.74, 6) is 0.877. The average Bonchev–Trinajstić information content (AvgIpc) is 3.31. The number of aromatic nitrogens is 2. The van der Waals surface area contributed by atoms with Gasteiger partial charge in [-0.2, -0.15) is 5.10 Å². The molecule has 1 aliphatic rings. The number of hydrogen-bond donors (Lipinski definition) is 3. The lowest BCUT2D eigenvalue weighted by Crippen LogP contribution is -2.44. The predicted octanol–water partition coefficient (Wildman–Crippen LogP) is 0.125. The first-order valence-electron chi connectivity index (χ1n) is 10.4. The number of likely N-dealkylation sites (N-methyl/N-ethyl adjacent to an activating group) is 1. The van der Waals surface area contributed by atoms with Gasteiger partial charge in [-0.1, -0.05) is 0 Å². The third-order valence-corrected chi connectivity index (χ3v) is 5.22. The fourth-order valence-corrected chi connectivity index (χ4v) is 3.53. The molecule has 0 spiro atoms. The van der Waals surface area contributed by atoms with Crippen molar-refractivity contribution in [2.24, 2.45) is 12.0 Å². The van der Waals surface area contributed by atoms with E-state index in [4.69, 9.17) is 0 Å². The van der Waals surface area contributed by atoms with Gasteiger partial charge in [0.15, 0.2) is 5.96 Å². The van der Waals surface area contributed by atoms with Gasteiger partial charge in [-0.15, -0.1) is 0 Å². The lowest BCUT2D eigenvalue weighted by atomic mass is 10.0. The number of aryl methyl sites for hydroxylation is 1. The number of rotatable bonds is 9.